The van der Waals surface area contributed by atoms with E-state index in [1.807, 2.05) is 30.5 Å². The van der Waals surface area contributed by atoms with Crippen molar-refractivity contribution >= 4 is 29.1 Å². The van der Waals surface area contributed by atoms with E-state index in [2.05, 4.69) is 15.1 Å². The van der Waals surface area contributed by atoms with Crippen molar-refractivity contribution in [1.82, 2.24) is 19.6 Å². The number of rotatable bonds is 4. The highest BCUT2D eigenvalue weighted by Crippen LogP contribution is 2.28. The summed E-state index contributed by atoms with van der Waals surface area (Å²) in [7, 11) is 1.64. The molecular weight excluding hydrogens is 296 g/mol. The number of fused-ring (bicyclic) bond motifs is 1. The van der Waals surface area contributed by atoms with Gasteiger partial charge in [-0.1, -0.05) is 23.4 Å². The Bertz CT molecular complexity index is 713. The number of methoxy groups -OCH3 is 1. The van der Waals surface area contributed by atoms with Crippen LogP contribution < -0.4 is 4.74 Å². The molecule has 0 saturated carbocycles. The largest absolute Gasteiger partial charge is 0.496 e. The van der Waals surface area contributed by atoms with Crippen LogP contribution in [0.1, 0.15) is 5.56 Å². The van der Waals surface area contributed by atoms with Crippen molar-refractivity contribution in [1.29, 1.82) is 0 Å². The van der Waals surface area contributed by atoms with Gasteiger partial charge in [-0.15, -0.1) is 5.10 Å². The Balaban J connectivity index is 1.80. The predicted octanol–water partition coefficient (Wildman–Crippen LogP) is 3.08. The van der Waals surface area contributed by atoms with Gasteiger partial charge in [0, 0.05) is 28.7 Å². The van der Waals surface area contributed by atoms with Gasteiger partial charge in [0.25, 0.3) is 5.78 Å². The summed E-state index contributed by atoms with van der Waals surface area (Å²) >= 11 is 7.53. The first kappa shape index (κ1) is 13.2. The fourth-order valence-electron chi connectivity index (χ4n) is 1.78. The lowest BCUT2D eigenvalue weighted by Gasteiger charge is -2.07. The molecule has 0 saturated heterocycles. The topological polar surface area (TPSA) is 52.3 Å². The maximum atomic E-state index is 6.01. The third-order valence-corrected chi connectivity index (χ3v) is 3.82. The van der Waals surface area contributed by atoms with Crippen LogP contribution in [-0.2, 0) is 5.75 Å². The molecule has 102 valence electrons. The van der Waals surface area contributed by atoms with E-state index in [1.165, 1.54) is 11.8 Å². The molecule has 2 heterocycles. The van der Waals surface area contributed by atoms with Crippen molar-refractivity contribution in [3.05, 3.63) is 47.2 Å². The van der Waals surface area contributed by atoms with E-state index in [4.69, 9.17) is 16.3 Å². The van der Waals surface area contributed by atoms with Crippen molar-refractivity contribution in [2.24, 2.45) is 0 Å². The normalized spacial score (nSPS) is 10.9. The van der Waals surface area contributed by atoms with E-state index in [-0.39, 0.29) is 0 Å². The van der Waals surface area contributed by atoms with Crippen molar-refractivity contribution in [3.63, 3.8) is 0 Å². The number of ether oxygens (including phenoxy) is 1. The minimum Gasteiger partial charge on any atom is -0.496 e. The Morgan fingerprint density at radius 2 is 2.30 bits per heavy atom. The molecule has 0 bridgehead atoms. The van der Waals surface area contributed by atoms with Crippen LogP contribution in [0.2, 0.25) is 5.02 Å². The van der Waals surface area contributed by atoms with Crippen LogP contribution >= 0.6 is 23.4 Å². The van der Waals surface area contributed by atoms with Crippen molar-refractivity contribution in [2.75, 3.05) is 7.11 Å². The summed E-state index contributed by atoms with van der Waals surface area (Å²) < 4.78 is 6.97. The van der Waals surface area contributed by atoms with Gasteiger partial charge in [0.15, 0.2) is 0 Å². The molecule has 7 heteroatoms. The second-order valence-corrected chi connectivity index (χ2v) is 5.38. The summed E-state index contributed by atoms with van der Waals surface area (Å²) in [6.07, 6.45) is 3.51. The number of hydrogen-bond donors (Lipinski definition) is 0. The van der Waals surface area contributed by atoms with E-state index in [9.17, 15) is 0 Å². The highest BCUT2D eigenvalue weighted by Gasteiger charge is 2.08. The monoisotopic (exact) mass is 306 g/mol. The smallest absolute Gasteiger partial charge is 0.253 e. The van der Waals surface area contributed by atoms with Crippen LogP contribution in [-0.4, -0.2) is 26.7 Å². The molecule has 2 aromatic heterocycles. The van der Waals surface area contributed by atoms with Gasteiger partial charge < -0.3 is 4.74 Å². The Kier molecular flexibility index (Phi) is 3.75. The lowest BCUT2D eigenvalue weighted by Crippen LogP contribution is -1.91. The molecule has 20 heavy (non-hydrogen) atoms. The van der Waals surface area contributed by atoms with E-state index >= 15 is 0 Å². The maximum Gasteiger partial charge on any atom is 0.253 e. The fraction of sp³-hybridized carbons (Fsp3) is 0.154. The van der Waals surface area contributed by atoms with Gasteiger partial charge in [-0.25, -0.2) is 9.50 Å². The molecule has 1 aromatic carbocycles. The van der Waals surface area contributed by atoms with Crippen molar-refractivity contribution < 1.29 is 4.74 Å². The van der Waals surface area contributed by atoms with Gasteiger partial charge in [0.05, 0.1) is 7.11 Å². The zero-order chi connectivity index (χ0) is 13.9. The Morgan fingerprint density at radius 1 is 1.40 bits per heavy atom. The molecule has 0 aliphatic rings. The van der Waals surface area contributed by atoms with Gasteiger partial charge in [0.2, 0.25) is 5.16 Å². The second-order valence-electron chi connectivity index (χ2n) is 4.00. The van der Waals surface area contributed by atoms with Crippen molar-refractivity contribution in [2.45, 2.75) is 10.9 Å². The molecule has 0 radical (unpaired) electrons. The quantitative estimate of drug-likeness (QED) is 0.693. The van der Waals surface area contributed by atoms with Crippen LogP contribution in [0, 0.1) is 0 Å². The van der Waals surface area contributed by atoms with Crippen LogP contribution in [0.15, 0.2) is 41.8 Å². The molecule has 3 aromatic rings. The van der Waals surface area contributed by atoms with E-state index < -0.39 is 0 Å². The second kappa shape index (κ2) is 5.68. The SMILES string of the molecule is COc1ccc(Cl)cc1CSc1nc2ncccn2n1. The van der Waals surface area contributed by atoms with Crippen LogP contribution in [0.25, 0.3) is 5.78 Å². The fourth-order valence-corrected chi connectivity index (χ4v) is 2.77. The van der Waals surface area contributed by atoms with Gasteiger partial charge in [-0.3, -0.25) is 0 Å². The van der Waals surface area contributed by atoms with Crippen molar-refractivity contribution in [3.8, 4) is 5.75 Å². The number of hydrogen-bond acceptors (Lipinski definition) is 5. The summed E-state index contributed by atoms with van der Waals surface area (Å²) in [5, 5.41) is 5.70. The molecule has 0 aliphatic carbocycles. The Hall–Kier alpha value is -1.79. The molecule has 0 spiro atoms. The minimum atomic E-state index is 0.591. The maximum absolute atomic E-state index is 6.01. The Morgan fingerprint density at radius 3 is 3.10 bits per heavy atom. The van der Waals surface area contributed by atoms with Gasteiger partial charge >= 0.3 is 0 Å². The minimum absolute atomic E-state index is 0.591. The highest BCUT2D eigenvalue weighted by molar-refractivity contribution is 7.98. The molecule has 0 amide bonds. The van der Waals surface area contributed by atoms with E-state index in [0.717, 1.165) is 11.3 Å². The summed E-state index contributed by atoms with van der Waals surface area (Å²) in [4.78, 5) is 8.47. The predicted molar refractivity (Wildman–Crippen MR) is 78.3 cm³/mol. The van der Waals surface area contributed by atoms with Crippen LogP contribution in [0.4, 0.5) is 0 Å². The van der Waals surface area contributed by atoms with E-state index in [0.29, 0.717) is 21.7 Å². The summed E-state index contributed by atoms with van der Waals surface area (Å²) in [5.41, 5.74) is 1.01. The number of benzene rings is 1. The van der Waals surface area contributed by atoms with Gasteiger partial charge in [-0.2, -0.15) is 4.98 Å². The molecule has 5 nitrogen and oxygen atoms in total. The first-order valence-corrected chi connectivity index (χ1v) is 7.25. The number of halogens is 1. The molecule has 0 fully saturated rings. The van der Waals surface area contributed by atoms with Crippen LogP contribution in [0.5, 0.6) is 5.75 Å². The molecule has 0 atom stereocenters. The third kappa shape index (κ3) is 2.71. The highest BCUT2D eigenvalue weighted by atomic mass is 35.5. The molecule has 0 N–H and O–H groups in total. The molecular formula is C13H11ClN4OS. The zero-order valence-corrected chi connectivity index (χ0v) is 12.2. The van der Waals surface area contributed by atoms with Gasteiger partial charge in [0.1, 0.15) is 5.75 Å². The average molecular weight is 307 g/mol. The Labute approximate surface area is 125 Å². The lowest BCUT2D eigenvalue weighted by atomic mass is 10.2. The molecule has 0 unspecified atom stereocenters. The number of thioether (sulfide) groups is 1. The summed E-state index contributed by atoms with van der Waals surface area (Å²) in [6, 6.07) is 7.37. The van der Waals surface area contributed by atoms with Crippen LogP contribution in [0.3, 0.4) is 0 Å². The third-order valence-electron chi connectivity index (χ3n) is 2.70. The number of nitrogens with zero attached hydrogens (tertiary/aromatic N) is 4. The first-order chi connectivity index (χ1) is 9.76. The average Bonchev–Trinajstić information content (AvgIpc) is 2.88. The number of aromatic nitrogens is 4. The lowest BCUT2D eigenvalue weighted by molar-refractivity contribution is 0.411. The first-order valence-electron chi connectivity index (χ1n) is 5.89. The summed E-state index contributed by atoms with van der Waals surface area (Å²) in [5.74, 6) is 2.08. The molecule has 3 rings (SSSR count). The summed E-state index contributed by atoms with van der Waals surface area (Å²) in [6.45, 7) is 0. The van der Waals surface area contributed by atoms with Gasteiger partial charge in [-0.05, 0) is 24.3 Å². The standard InChI is InChI=1S/C13H11ClN4OS/c1-19-11-4-3-10(14)7-9(11)8-20-13-16-12-15-5-2-6-18(12)17-13/h2-7H,8H2,1H3. The zero-order valence-electron chi connectivity index (χ0n) is 10.7. The van der Waals surface area contributed by atoms with E-state index in [1.54, 1.807) is 17.8 Å². The molecule has 0 aliphatic heterocycles.